The van der Waals surface area contributed by atoms with Crippen LogP contribution in [0.2, 0.25) is 0 Å². The number of H-pyrrole nitrogens is 1. The van der Waals surface area contributed by atoms with Gasteiger partial charge >= 0.3 is 5.69 Å². The minimum absolute atomic E-state index is 0.00654. The largest absolute Gasteiger partial charge is 0.500 e. The molecule has 0 bridgehead atoms. The Morgan fingerprint density at radius 2 is 2.35 bits per heavy atom. The molecule has 0 aliphatic rings. The molecule has 3 N–H and O–H groups in total. The average molecular weight is 320 g/mol. The number of nitrogens with one attached hydrogen (secondary N) is 2. The van der Waals surface area contributed by atoms with Gasteiger partial charge in [0.1, 0.15) is 6.20 Å². The van der Waals surface area contributed by atoms with Gasteiger partial charge in [-0.15, -0.1) is 10.2 Å². The van der Waals surface area contributed by atoms with Gasteiger partial charge in [-0.1, -0.05) is 0 Å². The molecule has 11 nitrogen and oxygen atoms in total. The molecule has 2 aromatic rings. The van der Waals surface area contributed by atoms with Crippen molar-refractivity contribution in [2.24, 2.45) is 5.10 Å². The van der Waals surface area contributed by atoms with Gasteiger partial charge in [-0.25, -0.2) is 5.43 Å². The minimum atomic E-state index is -0.733. The van der Waals surface area contributed by atoms with Gasteiger partial charge in [0, 0.05) is 11.6 Å². The van der Waals surface area contributed by atoms with E-state index in [-0.39, 0.29) is 18.3 Å². The number of aromatic hydroxyl groups is 1. The zero-order valence-corrected chi connectivity index (χ0v) is 11.9. The molecule has 0 atom stereocenters. The summed E-state index contributed by atoms with van der Waals surface area (Å²) >= 11 is 0. The molecule has 0 aliphatic carbocycles. The highest BCUT2D eigenvalue weighted by Gasteiger charge is 2.19. The third-order valence-electron chi connectivity index (χ3n) is 2.53. The van der Waals surface area contributed by atoms with Crippen LogP contribution >= 0.6 is 0 Å². The van der Waals surface area contributed by atoms with E-state index in [0.29, 0.717) is 5.56 Å². The summed E-state index contributed by atoms with van der Waals surface area (Å²) in [6.07, 6.45) is 2.23. The van der Waals surface area contributed by atoms with E-state index in [0.717, 1.165) is 12.3 Å². The predicted molar refractivity (Wildman–Crippen MR) is 79.8 cm³/mol. The Bertz CT molecular complexity index is 803. The Morgan fingerprint density at radius 1 is 1.57 bits per heavy atom. The number of hydrogen-bond donors (Lipinski definition) is 3. The monoisotopic (exact) mass is 320 g/mol. The molecule has 0 fully saturated rings. The second kappa shape index (κ2) is 6.98. The number of nitrogens with zero attached hydrogens (tertiary/aromatic N) is 4. The van der Waals surface area contributed by atoms with Crippen molar-refractivity contribution in [3.05, 3.63) is 44.4 Å². The van der Waals surface area contributed by atoms with Crippen molar-refractivity contribution in [3.63, 3.8) is 0 Å². The number of hydrazone groups is 1. The van der Waals surface area contributed by atoms with Crippen LogP contribution in [0.25, 0.3) is 0 Å². The summed E-state index contributed by atoms with van der Waals surface area (Å²) in [5, 5.41) is 31.5. The first-order valence-corrected chi connectivity index (χ1v) is 6.36. The molecule has 2 rings (SSSR count). The SMILES string of the molecule is CCOc1cc(/C=N/Nc2nncc(=O)[nH]2)cc([N+](=O)[O-])c1O. The standard InChI is InChI=1S/C12H12N6O5/c1-2-23-9-4-7(3-8(11(9)20)18(21)22)5-13-16-12-15-10(19)6-14-17-12/h3-6,20H,2H2,1H3,(H2,15,16,17,19)/b13-5+. The molecule has 1 aromatic carbocycles. The van der Waals surface area contributed by atoms with E-state index in [9.17, 15) is 20.0 Å². The fourth-order valence-electron chi connectivity index (χ4n) is 1.62. The van der Waals surface area contributed by atoms with Crippen LogP contribution in [0.3, 0.4) is 0 Å². The molecule has 0 amide bonds. The van der Waals surface area contributed by atoms with Crippen LogP contribution in [0, 0.1) is 10.1 Å². The van der Waals surface area contributed by atoms with Crippen LogP contribution in [0.5, 0.6) is 11.5 Å². The highest BCUT2D eigenvalue weighted by molar-refractivity contribution is 5.83. The molecular formula is C12H12N6O5. The van der Waals surface area contributed by atoms with Gasteiger partial charge < -0.3 is 9.84 Å². The fourth-order valence-corrected chi connectivity index (χ4v) is 1.62. The molecule has 0 radical (unpaired) electrons. The van der Waals surface area contributed by atoms with Gasteiger partial charge in [0.05, 0.1) is 17.7 Å². The molecule has 23 heavy (non-hydrogen) atoms. The lowest BCUT2D eigenvalue weighted by Crippen LogP contribution is -2.10. The molecule has 0 aliphatic heterocycles. The van der Waals surface area contributed by atoms with Crippen LogP contribution < -0.4 is 15.7 Å². The molecular weight excluding hydrogens is 308 g/mol. The number of nitro groups is 1. The maximum atomic E-state index is 11.0. The van der Waals surface area contributed by atoms with Crippen molar-refractivity contribution in [1.82, 2.24) is 15.2 Å². The zero-order valence-electron chi connectivity index (χ0n) is 11.9. The normalized spacial score (nSPS) is 10.7. The van der Waals surface area contributed by atoms with Gasteiger partial charge in [0.25, 0.3) is 5.56 Å². The second-order valence-electron chi connectivity index (χ2n) is 4.13. The van der Waals surface area contributed by atoms with E-state index >= 15 is 0 Å². The molecule has 0 unspecified atom stereocenters. The van der Waals surface area contributed by atoms with Crippen LogP contribution in [0.1, 0.15) is 12.5 Å². The number of rotatable bonds is 6. The van der Waals surface area contributed by atoms with E-state index in [1.165, 1.54) is 12.3 Å². The van der Waals surface area contributed by atoms with Gasteiger partial charge in [0.15, 0.2) is 5.75 Å². The summed E-state index contributed by atoms with van der Waals surface area (Å²) in [4.78, 5) is 23.6. The zero-order chi connectivity index (χ0) is 16.8. The number of hydrogen-bond acceptors (Lipinski definition) is 9. The number of nitro benzene ring substituents is 1. The second-order valence-corrected chi connectivity index (χ2v) is 4.13. The van der Waals surface area contributed by atoms with Crippen molar-refractivity contribution in [2.75, 3.05) is 12.0 Å². The third kappa shape index (κ3) is 4.00. The Kier molecular flexibility index (Phi) is 4.82. The first-order chi connectivity index (χ1) is 11.0. The van der Waals surface area contributed by atoms with Gasteiger partial charge in [-0.2, -0.15) is 5.10 Å². The lowest BCUT2D eigenvalue weighted by atomic mass is 10.2. The van der Waals surface area contributed by atoms with E-state index in [2.05, 4.69) is 25.7 Å². The summed E-state index contributed by atoms with van der Waals surface area (Å²) in [5.74, 6) is -0.580. The molecule has 1 aromatic heterocycles. The minimum Gasteiger partial charge on any atom is -0.500 e. The van der Waals surface area contributed by atoms with Crippen molar-refractivity contribution in [3.8, 4) is 11.5 Å². The van der Waals surface area contributed by atoms with Crippen molar-refractivity contribution in [1.29, 1.82) is 0 Å². The third-order valence-corrected chi connectivity index (χ3v) is 2.53. The smallest absolute Gasteiger partial charge is 0.315 e. The van der Waals surface area contributed by atoms with E-state index in [4.69, 9.17) is 4.74 Å². The van der Waals surface area contributed by atoms with E-state index < -0.39 is 21.9 Å². The van der Waals surface area contributed by atoms with Gasteiger partial charge in [0.2, 0.25) is 11.7 Å². The van der Waals surface area contributed by atoms with E-state index in [1.54, 1.807) is 6.92 Å². The Morgan fingerprint density at radius 3 is 3.00 bits per heavy atom. The fraction of sp³-hybridized carbons (Fsp3) is 0.167. The Labute approximate surface area is 128 Å². The number of phenols is 1. The lowest BCUT2D eigenvalue weighted by molar-refractivity contribution is -0.386. The van der Waals surface area contributed by atoms with Crippen molar-refractivity contribution in [2.45, 2.75) is 6.92 Å². The summed E-state index contributed by atoms with van der Waals surface area (Å²) in [5.41, 5.74) is 1.75. The predicted octanol–water partition coefficient (Wildman–Crippen LogP) is 0.623. The molecule has 1 heterocycles. The Hall–Kier alpha value is -3.50. The Balaban J connectivity index is 2.26. The molecule has 11 heteroatoms. The topological polar surface area (TPSA) is 156 Å². The summed E-state index contributed by atoms with van der Waals surface area (Å²) in [6, 6.07) is 2.51. The quantitative estimate of drug-likeness (QED) is 0.397. The highest BCUT2D eigenvalue weighted by Crippen LogP contribution is 2.36. The number of ether oxygens (including phenoxy) is 1. The molecule has 0 spiro atoms. The highest BCUT2D eigenvalue weighted by atomic mass is 16.6. The number of phenolic OH excluding ortho intramolecular Hbond substituents is 1. The lowest BCUT2D eigenvalue weighted by Gasteiger charge is -2.07. The maximum Gasteiger partial charge on any atom is 0.315 e. The molecule has 0 saturated heterocycles. The first-order valence-electron chi connectivity index (χ1n) is 6.36. The van der Waals surface area contributed by atoms with Crippen molar-refractivity contribution < 1.29 is 14.8 Å². The van der Waals surface area contributed by atoms with Crippen molar-refractivity contribution >= 4 is 17.9 Å². The number of anilines is 1. The van der Waals surface area contributed by atoms with Crippen LogP contribution in [-0.4, -0.2) is 38.0 Å². The number of benzene rings is 1. The molecule has 120 valence electrons. The summed E-state index contributed by atoms with van der Waals surface area (Å²) in [7, 11) is 0. The van der Waals surface area contributed by atoms with E-state index in [1.807, 2.05) is 0 Å². The average Bonchev–Trinajstić information content (AvgIpc) is 2.50. The van der Waals surface area contributed by atoms with Crippen LogP contribution in [-0.2, 0) is 0 Å². The van der Waals surface area contributed by atoms with Gasteiger partial charge in [-0.3, -0.25) is 19.9 Å². The summed E-state index contributed by atoms with van der Waals surface area (Å²) < 4.78 is 5.14. The maximum absolute atomic E-state index is 11.0. The number of aromatic amines is 1. The number of aromatic nitrogens is 3. The first kappa shape index (κ1) is 15.9. The van der Waals surface area contributed by atoms with Crippen LogP contribution in [0.4, 0.5) is 11.6 Å². The van der Waals surface area contributed by atoms with Gasteiger partial charge in [-0.05, 0) is 13.0 Å². The molecule has 0 saturated carbocycles. The van der Waals surface area contributed by atoms with Crippen LogP contribution in [0.15, 0.2) is 28.2 Å². The summed E-state index contributed by atoms with van der Waals surface area (Å²) in [6.45, 7) is 1.91.